The molecule has 1 heterocycles. The average molecular weight is 543 g/mol. The van der Waals surface area contributed by atoms with E-state index < -0.39 is 24.0 Å². The third kappa shape index (κ3) is 8.58. The van der Waals surface area contributed by atoms with Gasteiger partial charge in [0.25, 0.3) is 0 Å². The zero-order valence-electron chi connectivity index (χ0n) is 21.6. The SMILES string of the molecule is CC(C)CN(CC(C)C)c1ccc(C(C)CC(=O)OOC(=O)C(F)(F)F)cc1Nc1nnc(C2CC2)s1. The summed E-state index contributed by atoms with van der Waals surface area (Å²) in [4.78, 5) is 32.8. The number of hydrogen-bond acceptors (Lipinski definition) is 9. The van der Waals surface area contributed by atoms with Crippen LogP contribution in [0.5, 0.6) is 0 Å². The molecule has 0 saturated heterocycles. The standard InChI is InChI=1S/C25H33F3N4O4S/c1-14(2)12-32(13-15(3)4)20-9-8-18(16(5)10-21(33)35-36-23(34)25(26,27)28)11-19(20)29-24-31-30-22(37-24)17-6-7-17/h8-9,11,14-17H,6-7,10,12-13H2,1-5H3,(H,29,31). The van der Waals surface area contributed by atoms with Crippen LogP contribution in [-0.4, -0.2) is 41.4 Å². The first-order valence-electron chi connectivity index (χ1n) is 12.3. The summed E-state index contributed by atoms with van der Waals surface area (Å²) >= 11 is 1.52. The van der Waals surface area contributed by atoms with E-state index in [0.717, 1.165) is 47.9 Å². The molecule has 1 aliphatic carbocycles. The third-order valence-electron chi connectivity index (χ3n) is 5.62. The van der Waals surface area contributed by atoms with Crippen LogP contribution >= 0.6 is 11.3 Å². The fourth-order valence-electron chi connectivity index (χ4n) is 3.82. The van der Waals surface area contributed by atoms with Crippen molar-refractivity contribution in [2.45, 2.75) is 71.9 Å². The molecule has 1 atom stereocenters. The molecule has 0 amide bonds. The maximum absolute atomic E-state index is 12.3. The molecular weight excluding hydrogens is 509 g/mol. The summed E-state index contributed by atoms with van der Waals surface area (Å²) in [7, 11) is 0. The lowest BCUT2D eigenvalue weighted by Gasteiger charge is -2.31. The highest BCUT2D eigenvalue weighted by Gasteiger charge is 2.43. The lowest BCUT2D eigenvalue weighted by atomic mass is 9.96. The number of alkyl halides is 3. The van der Waals surface area contributed by atoms with Gasteiger partial charge < -0.3 is 10.2 Å². The Bertz CT molecular complexity index is 1080. The normalized spacial score (nSPS) is 14.5. The van der Waals surface area contributed by atoms with Crippen molar-refractivity contribution >= 4 is 39.8 Å². The van der Waals surface area contributed by atoms with Crippen LogP contribution in [-0.2, 0) is 19.4 Å². The number of hydrogen-bond donors (Lipinski definition) is 1. The first kappa shape index (κ1) is 28.7. The number of benzene rings is 1. The van der Waals surface area contributed by atoms with E-state index in [0.29, 0.717) is 22.9 Å². The molecule has 3 rings (SSSR count). The number of aromatic nitrogens is 2. The first-order valence-corrected chi connectivity index (χ1v) is 13.1. The Kier molecular flexibility index (Phi) is 9.38. The second-order valence-electron chi connectivity index (χ2n) is 10.2. The summed E-state index contributed by atoms with van der Waals surface area (Å²) in [6, 6.07) is 5.75. The fourth-order valence-corrected chi connectivity index (χ4v) is 4.74. The Balaban J connectivity index is 1.82. The summed E-state index contributed by atoms with van der Waals surface area (Å²) in [6.45, 7) is 12.0. The molecule has 0 bridgehead atoms. The smallest absolute Gasteiger partial charge is 0.369 e. The molecule has 204 valence electrons. The van der Waals surface area contributed by atoms with Crippen LogP contribution in [0.4, 0.5) is 29.7 Å². The van der Waals surface area contributed by atoms with Crippen LogP contribution in [0.15, 0.2) is 18.2 Å². The molecule has 1 aromatic carbocycles. The maximum atomic E-state index is 12.3. The molecule has 1 N–H and O–H groups in total. The van der Waals surface area contributed by atoms with Gasteiger partial charge in [0.2, 0.25) is 5.13 Å². The Morgan fingerprint density at radius 3 is 2.30 bits per heavy atom. The van der Waals surface area contributed by atoms with Crippen molar-refractivity contribution in [1.82, 2.24) is 10.2 Å². The lowest BCUT2D eigenvalue weighted by molar-refractivity contribution is -0.286. The van der Waals surface area contributed by atoms with Gasteiger partial charge in [0.1, 0.15) is 5.01 Å². The summed E-state index contributed by atoms with van der Waals surface area (Å²) in [5.41, 5.74) is 2.52. The van der Waals surface area contributed by atoms with Gasteiger partial charge in [-0.3, -0.25) is 0 Å². The van der Waals surface area contributed by atoms with Crippen LogP contribution in [0.1, 0.15) is 76.3 Å². The van der Waals surface area contributed by atoms with E-state index in [9.17, 15) is 22.8 Å². The van der Waals surface area contributed by atoms with E-state index in [1.54, 1.807) is 6.92 Å². The summed E-state index contributed by atoms with van der Waals surface area (Å²) < 4.78 is 36.8. The minimum absolute atomic E-state index is 0.281. The monoisotopic (exact) mass is 542 g/mol. The van der Waals surface area contributed by atoms with E-state index in [2.05, 4.69) is 57.9 Å². The Morgan fingerprint density at radius 2 is 1.73 bits per heavy atom. The highest BCUT2D eigenvalue weighted by Crippen LogP contribution is 2.43. The van der Waals surface area contributed by atoms with Crippen molar-refractivity contribution in [3.8, 4) is 0 Å². The number of nitrogens with zero attached hydrogens (tertiary/aromatic N) is 3. The van der Waals surface area contributed by atoms with Crippen LogP contribution in [0, 0.1) is 11.8 Å². The van der Waals surface area contributed by atoms with Gasteiger partial charge in [0.15, 0.2) is 0 Å². The number of nitrogens with one attached hydrogen (secondary N) is 1. The molecule has 1 aromatic heterocycles. The van der Waals surface area contributed by atoms with Gasteiger partial charge >= 0.3 is 18.1 Å². The van der Waals surface area contributed by atoms with Gasteiger partial charge in [-0.05, 0) is 48.3 Å². The van der Waals surface area contributed by atoms with Crippen molar-refractivity contribution in [3.05, 3.63) is 28.8 Å². The zero-order valence-corrected chi connectivity index (χ0v) is 22.4. The second kappa shape index (κ2) is 12.1. The van der Waals surface area contributed by atoms with Gasteiger partial charge in [-0.15, -0.1) is 10.2 Å². The molecule has 37 heavy (non-hydrogen) atoms. The van der Waals surface area contributed by atoms with Gasteiger partial charge in [-0.1, -0.05) is 52.0 Å². The van der Waals surface area contributed by atoms with Crippen molar-refractivity contribution in [2.75, 3.05) is 23.3 Å². The zero-order chi connectivity index (χ0) is 27.3. The minimum atomic E-state index is -5.25. The second-order valence-corrected chi connectivity index (χ2v) is 11.3. The van der Waals surface area contributed by atoms with E-state index in [4.69, 9.17) is 0 Å². The quantitative estimate of drug-likeness (QED) is 0.260. The summed E-state index contributed by atoms with van der Waals surface area (Å²) in [5, 5.41) is 13.7. The predicted molar refractivity (Wildman–Crippen MR) is 135 cm³/mol. The molecular formula is C25H33F3N4O4S. The van der Waals surface area contributed by atoms with Gasteiger partial charge in [0.05, 0.1) is 17.8 Å². The van der Waals surface area contributed by atoms with Gasteiger partial charge in [-0.2, -0.15) is 13.2 Å². The Labute approximate surface area is 218 Å². The third-order valence-corrected chi connectivity index (χ3v) is 6.63. The number of halogens is 3. The summed E-state index contributed by atoms with van der Waals surface area (Å²) in [5.74, 6) is -2.77. The molecule has 1 fully saturated rings. The number of anilines is 3. The van der Waals surface area contributed by atoms with E-state index in [1.807, 2.05) is 18.2 Å². The van der Waals surface area contributed by atoms with Crippen molar-refractivity contribution < 1.29 is 32.5 Å². The largest absolute Gasteiger partial charge is 0.495 e. The molecule has 0 radical (unpaired) electrons. The van der Waals surface area contributed by atoms with E-state index in [1.165, 1.54) is 11.3 Å². The number of carbonyl (C=O) groups is 2. The molecule has 1 unspecified atom stereocenters. The van der Waals surface area contributed by atoms with Gasteiger partial charge in [-0.25, -0.2) is 19.4 Å². The molecule has 0 aliphatic heterocycles. The first-order chi connectivity index (χ1) is 17.3. The number of rotatable bonds is 11. The van der Waals surface area contributed by atoms with Crippen molar-refractivity contribution in [1.29, 1.82) is 0 Å². The highest BCUT2D eigenvalue weighted by molar-refractivity contribution is 7.15. The van der Waals surface area contributed by atoms with Crippen LogP contribution in [0.3, 0.4) is 0 Å². The number of carbonyl (C=O) groups excluding carboxylic acids is 2. The molecule has 2 aromatic rings. The molecule has 8 nitrogen and oxygen atoms in total. The van der Waals surface area contributed by atoms with Gasteiger partial charge in [0, 0.05) is 19.0 Å². The van der Waals surface area contributed by atoms with Crippen LogP contribution in [0.2, 0.25) is 0 Å². The predicted octanol–water partition coefficient (Wildman–Crippen LogP) is 6.33. The molecule has 1 aliphatic rings. The Hall–Kier alpha value is -2.89. The Morgan fingerprint density at radius 1 is 1.08 bits per heavy atom. The minimum Gasteiger partial charge on any atom is -0.369 e. The van der Waals surface area contributed by atoms with E-state index >= 15 is 0 Å². The van der Waals surface area contributed by atoms with Crippen molar-refractivity contribution in [2.24, 2.45) is 11.8 Å². The van der Waals surface area contributed by atoms with Crippen LogP contribution in [0.25, 0.3) is 0 Å². The van der Waals surface area contributed by atoms with Crippen molar-refractivity contribution in [3.63, 3.8) is 0 Å². The van der Waals surface area contributed by atoms with E-state index in [-0.39, 0.29) is 6.42 Å². The highest BCUT2D eigenvalue weighted by atomic mass is 32.1. The molecule has 1 saturated carbocycles. The average Bonchev–Trinajstić information content (AvgIpc) is 3.54. The maximum Gasteiger partial charge on any atom is 0.495 e. The van der Waals surface area contributed by atoms with Crippen LogP contribution < -0.4 is 10.2 Å². The molecule has 0 spiro atoms. The fraction of sp³-hybridized carbons (Fsp3) is 0.600. The summed E-state index contributed by atoms with van der Waals surface area (Å²) in [6.07, 6.45) is -3.28. The topological polar surface area (TPSA) is 93.7 Å². The molecule has 12 heteroatoms. The lowest BCUT2D eigenvalue weighted by Crippen LogP contribution is -2.31.